The molecule has 21 heavy (non-hydrogen) atoms. The zero-order chi connectivity index (χ0) is 14.2. The first kappa shape index (κ1) is 12.1. The van der Waals surface area contributed by atoms with E-state index in [0.29, 0.717) is 0 Å². The number of pyridine rings is 1. The van der Waals surface area contributed by atoms with Crippen molar-refractivity contribution >= 4 is 18.0 Å². The van der Waals surface area contributed by atoms with Crippen LogP contribution < -0.4 is 10.7 Å². The summed E-state index contributed by atoms with van der Waals surface area (Å²) in [5.41, 5.74) is 5.74. The van der Waals surface area contributed by atoms with Gasteiger partial charge in [-0.2, -0.15) is 5.10 Å². The van der Waals surface area contributed by atoms with Crippen molar-refractivity contribution in [1.29, 1.82) is 0 Å². The molecule has 3 aromatic rings. The SMILES string of the molecule is Cc1cnc2c(c1)NB(c1cccc(-c3ncn[nH]3)c1)C2. The Morgan fingerprint density at radius 2 is 2.14 bits per heavy atom. The summed E-state index contributed by atoms with van der Waals surface area (Å²) >= 11 is 0. The van der Waals surface area contributed by atoms with Crippen molar-refractivity contribution in [3.8, 4) is 11.4 Å². The van der Waals surface area contributed by atoms with Crippen molar-refractivity contribution in [2.45, 2.75) is 13.2 Å². The maximum atomic E-state index is 4.52. The molecule has 0 aliphatic carbocycles. The van der Waals surface area contributed by atoms with E-state index in [1.54, 1.807) is 0 Å². The number of H-pyrrole nitrogens is 1. The van der Waals surface area contributed by atoms with Crippen molar-refractivity contribution in [1.82, 2.24) is 20.2 Å². The first-order chi connectivity index (χ1) is 10.3. The maximum Gasteiger partial charge on any atom is 0.292 e. The second kappa shape index (κ2) is 4.73. The summed E-state index contributed by atoms with van der Waals surface area (Å²) in [5, 5.41) is 10.4. The molecule has 2 N–H and O–H groups in total. The molecule has 0 amide bonds. The molecule has 2 aromatic heterocycles. The molecule has 4 rings (SSSR count). The molecule has 102 valence electrons. The van der Waals surface area contributed by atoms with Gasteiger partial charge in [0.05, 0.1) is 5.69 Å². The molecule has 1 aliphatic rings. The van der Waals surface area contributed by atoms with E-state index in [9.17, 15) is 0 Å². The Kier molecular flexibility index (Phi) is 2.74. The highest BCUT2D eigenvalue weighted by atomic mass is 15.2. The summed E-state index contributed by atoms with van der Waals surface area (Å²) in [4.78, 5) is 8.72. The van der Waals surface area contributed by atoms with Crippen LogP contribution in [-0.2, 0) is 6.32 Å². The lowest BCUT2D eigenvalue weighted by atomic mass is 9.55. The average molecular weight is 275 g/mol. The van der Waals surface area contributed by atoms with Crippen LogP contribution in [0.1, 0.15) is 11.3 Å². The van der Waals surface area contributed by atoms with Gasteiger partial charge >= 0.3 is 0 Å². The van der Waals surface area contributed by atoms with Crippen LogP contribution in [0.3, 0.4) is 0 Å². The molecular weight excluding hydrogens is 261 g/mol. The van der Waals surface area contributed by atoms with Gasteiger partial charge in [0, 0.05) is 17.4 Å². The number of aromatic amines is 1. The van der Waals surface area contributed by atoms with Crippen LogP contribution in [0.15, 0.2) is 42.9 Å². The standard InChI is InChI=1S/C15H14BN5/c1-10-5-13-14(17-8-10)7-16(20-13)12-4-2-3-11(6-12)15-18-9-19-21-15/h2-6,8-9,20H,7H2,1H3,(H,18,19,21). The second-order valence-corrected chi connectivity index (χ2v) is 5.37. The number of aryl methyl sites for hydroxylation is 1. The van der Waals surface area contributed by atoms with Gasteiger partial charge in [-0.05, 0) is 24.9 Å². The van der Waals surface area contributed by atoms with Gasteiger partial charge in [0.2, 0.25) is 0 Å². The van der Waals surface area contributed by atoms with Crippen molar-refractivity contribution in [3.63, 3.8) is 0 Å². The zero-order valence-electron chi connectivity index (χ0n) is 11.7. The number of hydrogen-bond donors (Lipinski definition) is 2. The fourth-order valence-electron chi connectivity index (χ4n) is 2.77. The van der Waals surface area contributed by atoms with Crippen LogP contribution in [-0.4, -0.2) is 27.0 Å². The van der Waals surface area contributed by atoms with Crippen LogP contribution >= 0.6 is 0 Å². The zero-order valence-corrected chi connectivity index (χ0v) is 11.7. The third-order valence-electron chi connectivity index (χ3n) is 3.81. The molecule has 1 aliphatic heterocycles. The monoisotopic (exact) mass is 275 g/mol. The highest BCUT2D eigenvalue weighted by molar-refractivity contribution is 6.77. The molecule has 1 aromatic carbocycles. The topological polar surface area (TPSA) is 66.5 Å². The Morgan fingerprint density at radius 3 is 3.00 bits per heavy atom. The maximum absolute atomic E-state index is 4.52. The predicted octanol–water partition coefficient (Wildman–Crippen LogP) is 1.58. The number of fused-ring (bicyclic) bond motifs is 1. The molecule has 0 saturated heterocycles. The van der Waals surface area contributed by atoms with Crippen LogP contribution in [0, 0.1) is 6.92 Å². The van der Waals surface area contributed by atoms with E-state index in [0.717, 1.165) is 29.1 Å². The van der Waals surface area contributed by atoms with Gasteiger partial charge in [-0.15, -0.1) is 0 Å². The largest absolute Gasteiger partial charge is 0.422 e. The van der Waals surface area contributed by atoms with E-state index in [2.05, 4.69) is 56.6 Å². The molecule has 6 heteroatoms. The summed E-state index contributed by atoms with van der Waals surface area (Å²) in [6.45, 7) is 2.32. The van der Waals surface area contributed by atoms with Gasteiger partial charge < -0.3 is 5.23 Å². The van der Waals surface area contributed by atoms with E-state index < -0.39 is 0 Å². The number of nitrogens with one attached hydrogen (secondary N) is 2. The lowest BCUT2D eigenvalue weighted by molar-refractivity contribution is 1.10. The second-order valence-electron chi connectivity index (χ2n) is 5.37. The summed E-state index contributed by atoms with van der Waals surface area (Å²) in [6.07, 6.45) is 4.36. The van der Waals surface area contributed by atoms with E-state index in [4.69, 9.17) is 0 Å². The van der Waals surface area contributed by atoms with Gasteiger partial charge in [-0.1, -0.05) is 29.7 Å². The van der Waals surface area contributed by atoms with Crippen molar-refractivity contribution in [3.05, 3.63) is 54.1 Å². The number of hydrogen-bond acceptors (Lipinski definition) is 4. The number of anilines is 1. The fourth-order valence-corrected chi connectivity index (χ4v) is 2.77. The highest BCUT2D eigenvalue weighted by Crippen LogP contribution is 2.23. The Morgan fingerprint density at radius 1 is 1.19 bits per heavy atom. The van der Waals surface area contributed by atoms with E-state index >= 15 is 0 Å². The lowest BCUT2D eigenvalue weighted by Crippen LogP contribution is -2.36. The minimum Gasteiger partial charge on any atom is -0.422 e. The minimum atomic E-state index is 0.261. The third kappa shape index (κ3) is 2.18. The Balaban J connectivity index is 1.65. The highest BCUT2D eigenvalue weighted by Gasteiger charge is 2.27. The molecule has 0 unspecified atom stereocenters. The van der Waals surface area contributed by atoms with E-state index in [-0.39, 0.29) is 6.85 Å². The van der Waals surface area contributed by atoms with Gasteiger partial charge in [-0.3, -0.25) is 10.1 Å². The van der Waals surface area contributed by atoms with Crippen molar-refractivity contribution in [2.24, 2.45) is 0 Å². The van der Waals surface area contributed by atoms with Crippen LogP contribution in [0.2, 0.25) is 0 Å². The van der Waals surface area contributed by atoms with Gasteiger partial charge in [0.15, 0.2) is 5.82 Å². The van der Waals surface area contributed by atoms with Crippen molar-refractivity contribution < 1.29 is 0 Å². The van der Waals surface area contributed by atoms with Gasteiger partial charge in [-0.25, -0.2) is 4.98 Å². The Hall–Kier alpha value is -2.63. The molecule has 0 spiro atoms. The smallest absolute Gasteiger partial charge is 0.292 e. The molecule has 0 fully saturated rings. The fraction of sp³-hybridized carbons (Fsp3) is 0.133. The quantitative estimate of drug-likeness (QED) is 0.697. The molecule has 0 bridgehead atoms. The van der Waals surface area contributed by atoms with Crippen LogP contribution in [0.4, 0.5) is 5.69 Å². The Bertz CT molecular complexity index is 785. The number of benzene rings is 1. The third-order valence-corrected chi connectivity index (χ3v) is 3.81. The normalized spacial score (nSPS) is 13.1. The lowest BCUT2D eigenvalue weighted by Gasteiger charge is -2.08. The van der Waals surface area contributed by atoms with E-state index in [1.807, 2.05) is 12.3 Å². The average Bonchev–Trinajstić information content (AvgIpc) is 3.16. The number of rotatable bonds is 2. The minimum absolute atomic E-state index is 0.261. The van der Waals surface area contributed by atoms with Crippen LogP contribution in [0.5, 0.6) is 0 Å². The molecule has 0 saturated carbocycles. The van der Waals surface area contributed by atoms with Gasteiger partial charge in [0.1, 0.15) is 6.33 Å². The molecule has 3 heterocycles. The molecule has 0 atom stereocenters. The van der Waals surface area contributed by atoms with Gasteiger partial charge in [0.25, 0.3) is 6.85 Å². The molecular formula is C15H14BN5. The Labute approximate surface area is 123 Å². The first-order valence-corrected chi connectivity index (χ1v) is 6.97. The molecule has 0 radical (unpaired) electrons. The summed E-state index contributed by atoms with van der Waals surface area (Å²) in [7, 11) is 0. The van der Waals surface area contributed by atoms with Crippen LogP contribution in [0.25, 0.3) is 11.4 Å². The predicted molar refractivity (Wildman–Crippen MR) is 83.5 cm³/mol. The summed E-state index contributed by atoms with van der Waals surface area (Å²) in [5.74, 6) is 0.793. The summed E-state index contributed by atoms with van der Waals surface area (Å²) < 4.78 is 0. The van der Waals surface area contributed by atoms with Crippen molar-refractivity contribution in [2.75, 3.05) is 5.23 Å². The first-order valence-electron chi connectivity index (χ1n) is 6.97. The molecule has 5 nitrogen and oxygen atoms in total. The summed E-state index contributed by atoms with van der Waals surface area (Å²) in [6, 6.07) is 10.5. The number of nitrogens with zero attached hydrogens (tertiary/aromatic N) is 3. The number of aromatic nitrogens is 4. The van der Waals surface area contributed by atoms with E-state index in [1.165, 1.54) is 17.4 Å².